The molecule has 2 fully saturated rings. The molecule has 1 aliphatic heterocycles. The van der Waals surface area contributed by atoms with E-state index in [1.165, 1.54) is 16.7 Å². The number of aliphatic hydroxyl groups excluding tert-OH is 1. The summed E-state index contributed by atoms with van der Waals surface area (Å²) in [5, 5.41) is 21.8. The first kappa shape index (κ1) is 14.5. The maximum Gasteiger partial charge on any atom is 0.327 e. The molecule has 2 amide bonds. The number of nitrogens with zero attached hydrogens (tertiary/aromatic N) is 1. The number of carboxylic acid groups (broad SMARTS) is 1. The van der Waals surface area contributed by atoms with Gasteiger partial charge in [-0.2, -0.15) is 0 Å². The molecule has 1 saturated carbocycles. The Hall–Kier alpha value is -0.950. The molecule has 1 heterocycles. The zero-order valence-electron chi connectivity index (χ0n) is 10.7. The number of carbonyl (C=O) groups is 2. The van der Waals surface area contributed by atoms with Crippen molar-refractivity contribution in [3.63, 3.8) is 0 Å². The second kappa shape index (κ2) is 6.47. The Morgan fingerprint density at radius 3 is 2.68 bits per heavy atom. The van der Waals surface area contributed by atoms with Crippen LogP contribution in [0.2, 0.25) is 0 Å². The van der Waals surface area contributed by atoms with E-state index in [2.05, 4.69) is 5.32 Å². The van der Waals surface area contributed by atoms with Gasteiger partial charge in [0, 0.05) is 5.75 Å². The molecule has 108 valence electrons. The van der Waals surface area contributed by atoms with Crippen LogP contribution < -0.4 is 5.32 Å². The van der Waals surface area contributed by atoms with Crippen LogP contribution in [0.25, 0.3) is 0 Å². The Kier molecular flexibility index (Phi) is 4.93. The highest BCUT2D eigenvalue weighted by Crippen LogP contribution is 2.22. The Balaban J connectivity index is 1.94. The molecule has 2 unspecified atom stereocenters. The highest BCUT2D eigenvalue weighted by molar-refractivity contribution is 7.99. The molecule has 0 spiro atoms. The summed E-state index contributed by atoms with van der Waals surface area (Å²) < 4.78 is 0. The zero-order valence-corrected chi connectivity index (χ0v) is 11.6. The predicted octanol–water partition coefficient (Wildman–Crippen LogP) is 0.849. The first-order chi connectivity index (χ1) is 9.09. The van der Waals surface area contributed by atoms with E-state index >= 15 is 0 Å². The summed E-state index contributed by atoms with van der Waals surface area (Å²) >= 11 is 1.44. The maximum atomic E-state index is 12.1. The van der Waals surface area contributed by atoms with E-state index in [0.29, 0.717) is 18.1 Å². The molecule has 1 aliphatic carbocycles. The number of aliphatic carboxylic acids is 1. The summed E-state index contributed by atoms with van der Waals surface area (Å²) in [4.78, 5) is 24.5. The van der Waals surface area contributed by atoms with Crippen LogP contribution in [-0.2, 0) is 4.79 Å². The van der Waals surface area contributed by atoms with E-state index in [9.17, 15) is 14.7 Å². The summed E-state index contributed by atoms with van der Waals surface area (Å²) in [7, 11) is 0. The van der Waals surface area contributed by atoms with Gasteiger partial charge in [0.2, 0.25) is 0 Å². The highest BCUT2D eigenvalue weighted by Gasteiger charge is 2.36. The lowest BCUT2D eigenvalue weighted by Gasteiger charge is -2.27. The van der Waals surface area contributed by atoms with Crippen molar-refractivity contribution < 1.29 is 19.8 Å². The van der Waals surface area contributed by atoms with Crippen molar-refractivity contribution in [2.45, 2.75) is 50.3 Å². The Labute approximate surface area is 116 Å². The van der Waals surface area contributed by atoms with Gasteiger partial charge in [0.1, 0.15) is 6.04 Å². The molecule has 0 aromatic heterocycles. The normalized spacial score (nSPS) is 31.8. The fourth-order valence-electron chi connectivity index (χ4n) is 2.55. The van der Waals surface area contributed by atoms with E-state index < -0.39 is 18.1 Å². The largest absolute Gasteiger partial charge is 0.480 e. The van der Waals surface area contributed by atoms with Crippen LogP contribution in [0.1, 0.15) is 32.1 Å². The number of carbonyl (C=O) groups excluding carboxylic acids is 1. The van der Waals surface area contributed by atoms with Gasteiger partial charge in [-0.05, 0) is 12.8 Å². The molecule has 19 heavy (non-hydrogen) atoms. The van der Waals surface area contributed by atoms with Crippen LogP contribution in [0.15, 0.2) is 0 Å². The van der Waals surface area contributed by atoms with Crippen molar-refractivity contribution in [3.05, 3.63) is 0 Å². The third-order valence-electron chi connectivity index (χ3n) is 3.72. The van der Waals surface area contributed by atoms with Crippen LogP contribution in [0.3, 0.4) is 0 Å². The molecule has 1 saturated heterocycles. The van der Waals surface area contributed by atoms with E-state index in [1.54, 1.807) is 0 Å². The smallest absolute Gasteiger partial charge is 0.327 e. The molecule has 6 nitrogen and oxygen atoms in total. The predicted molar refractivity (Wildman–Crippen MR) is 72.0 cm³/mol. The number of rotatable bonds is 2. The monoisotopic (exact) mass is 288 g/mol. The summed E-state index contributed by atoms with van der Waals surface area (Å²) in [5.74, 6) is -0.150. The Bertz CT molecular complexity index is 353. The van der Waals surface area contributed by atoms with Crippen molar-refractivity contribution >= 4 is 23.8 Å². The molecule has 0 bridgehead atoms. The Morgan fingerprint density at radius 2 is 1.95 bits per heavy atom. The van der Waals surface area contributed by atoms with E-state index in [1.807, 2.05) is 0 Å². The van der Waals surface area contributed by atoms with Crippen LogP contribution in [-0.4, -0.2) is 56.9 Å². The van der Waals surface area contributed by atoms with Crippen LogP contribution in [0.4, 0.5) is 4.79 Å². The van der Waals surface area contributed by atoms with Crippen molar-refractivity contribution in [3.8, 4) is 0 Å². The molecule has 3 N–H and O–H groups in total. The number of aliphatic hydroxyl groups is 1. The third kappa shape index (κ3) is 3.54. The summed E-state index contributed by atoms with van der Waals surface area (Å²) in [6, 6.07) is -1.38. The number of hydrogen-bond donors (Lipinski definition) is 3. The van der Waals surface area contributed by atoms with Gasteiger partial charge < -0.3 is 20.4 Å². The van der Waals surface area contributed by atoms with Gasteiger partial charge in [-0.1, -0.05) is 19.3 Å². The van der Waals surface area contributed by atoms with Crippen molar-refractivity contribution in [2.75, 3.05) is 11.6 Å². The lowest BCUT2D eigenvalue weighted by atomic mass is 10.1. The molecule has 2 aliphatic rings. The first-order valence-electron chi connectivity index (χ1n) is 6.65. The molecule has 2 rings (SSSR count). The number of nitrogens with one attached hydrogen (secondary N) is 1. The summed E-state index contributed by atoms with van der Waals surface area (Å²) in [6.07, 6.45) is 3.96. The van der Waals surface area contributed by atoms with Gasteiger partial charge in [-0.25, -0.2) is 9.59 Å². The number of carboxylic acids is 1. The minimum Gasteiger partial charge on any atom is -0.480 e. The lowest BCUT2D eigenvalue weighted by molar-refractivity contribution is -0.140. The quantitative estimate of drug-likeness (QED) is 0.655. The SMILES string of the molecule is O=C(O)[C@@H]1CSCN1C(=O)NC1CCCCCC1O. The first-order valence-corrected chi connectivity index (χ1v) is 7.81. The number of urea groups is 1. The topological polar surface area (TPSA) is 89.9 Å². The molecular formula is C12H20N2O4S. The molecule has 0 radical (unpaired) electrons. The standard InChI is InChI=1S/C12H20N2O4S/c15-10-5-3-1-2-4-8(10)13-12(18)14-7-19-6-9(14)11(16)17/h8-10,15H,1-7H2,(H,13,18)(H,16,17)/t8?,9-,10?/m0/s1. The average Bonchev–Trinajstić information content (AvgIpc) is 2.78. The second-order valence-corrected chi connectivity index (χ2v) is 6.08. The van der Waals surface area contributed by atoms with Crippen molar-refractivity contribution in [1.82, 2.24) is 10.2 Å². The summed E-state index contributed by atoms with van der Waals surface area (Å²) in [6.45, 7) is 0. The van der Waals surface area contributed by atoms with Gasteiger partial charge in [0.25, 0.3) is 0 Å². The Morgan fingerprint density at radius 1 is 1.21 bits per heavy atom. The highest BCUT2D eigenvalue weighted by atomic mass is 32.2. The average molecular weight is 288 g/mol. The molecule has 3 atom stereocenters. The molecule has 7 heteroatoms. The van der Waals surface area contributed by atoms with Crippen LogP contribution >= 0.6 is 11.8 Å². The number of thioether (sulfide) groups is 1. The van der Waals surface area contributed by atoms with Crippen LogP contribution in [0, 0.1) is 0 Å². The van der Waals surface area contributed by atoms with Gasteiger partial charge in [-0.3, -0.25) is 0 Å². The second-order valence-electron chi connectivity index (χ2n) is 5.09. The number of amides is 2. The van der Waals surface area contributed by atoms with Gasteiger partial charge in [-0.15, -0.1) is 11.8 Å². The van der Waals surface area contributed by atoms with E-state index in [-0.39, 0.29) is 12.1 Å². The van der Waals surface area contributed by atoms with Gasteiger partial charge >= 0.3 is 12.0 Å². The molecule has 0 aromatic carbocycles. The fourth-order valence-corrected chi connectivity index (χ4v) is 3.69. The van der Waals surface area contributed by atoms with Crippen LogP contribution in [0.5, 0.6) is 0 Å². The molecule has 0 aromatic rings. The molecular weight excluding hydrogens is 268 g/mol. The lowest BCUT2D eigenvalue weighted by Crippen LogP contribution is -2.52. The third-order valence-corrected chi connectivity index (χ3v) is 4.73. The van der Waals surface area contributed by atoms with Gasteiger partial charge in [0.05, 0.1) is 18.0 Å². The summed E-state index contributed by atoms with van der Waals surface area (Å²) in [5.41, 5.74) is 0. The maximum absolute atomic E-state index is 12.1. The van der Waals surface area contributed by atoms with Crippen molar-refractivity contribution in [2.24, 2.45) is 0 Å². The van der Waals surface area contributed by atoms with E-state index in [4.69, 9.17) is 5.11 Å². The van der Waals surface area contributed by atoms with Crippen molar-refractivity contribution in [1.29, 1.82) is 0 Å². The van der Waals surface area contributed by atoms with E-state index in [0.717, 1.165) is 25.7 Å². The minimum absolute atomic E-state index is 0.255. The zero-order chi connectivity index (χ0) is 13.8. The fraction of sp³-hybridized carbons (Fsp3) is 0.833. The minimum atomic E-state index is -0.971. The number of hydrogen-bond acceptors (Lipinski definition) is 4. The van der Waals surface area contributed by atoms with Gasteiger partial charge in [0.15, 0.2) is 0 Å².